The standard InChI is InChI=1S/C18H17ClF2N2O3S/c1-3-27-11-7-8-15(14(21)9-11)22-18(25)23(10-26-2)17(24)16-12(19)5-4-6-13(16)20/h4-9H,3,10H2,1-2H3,(H,22,25). The van der Waals surface area contributed by atoms with Gasteiger partial charge in [0.05, 0.1) is 16.3 Å². The summed E-state index contributed by atoms with van der Waals surface area (Å²) in [7, 11) is 1.26. The van der Waals surface area contributed by atoms with E-state index in [1.54, 1.807) is 6.07 Å². The van der Waals surface area contributed by atoms with Crippen LogP contribution in [0.1, 0.15) is 17.3 Å². The van der Waals surface area contributed by atoms with Crippen LogP contribution < -0.4 is 5.32 Å². The predicted molar refractivity (Wildman–Crippen MR) is 101 cm³/mol. The van der Waals surface area contributed by atoms with E-state index >= 15 is 0 Å². The van der Waals surface area contributed by atoms with E-state index < -0.39 is 35.9 Å². The molecule has 27 heavy (non-hydrogen) atoms. The van der Waals surface area contributed by atoms with Gasteiger partial charge < -0.3 is 10.1 Å². The zero-order chi connectivity index (χ0) is 20.0. The third kappa shape index (κ3) is 5.18. The van der Waals surface area contributed by atoms with Crippen molar-refractivity contribution in [3.8, 4) is 0 Å². The highest BCUT2D eigenvalue weighted by molar-refractivity contribution is 7.99. The first kappa shape index (κ1) is 21.1. The van der Waals surface area contributed by atoms with Crippen molar-refractivity contribution in [2.24, 2.45) is 0 Å². The van der Waals surface area contributed by atoms with Gasteiger partial charge in [-0.25, -0.2) is 18.5 Å². The fraction of sp³-hybridized carbons (Fsp3) is 0.222. The van der Waals surface area contributed by atoms with E-state index in [9.17, 15) is 18.4 Å². The summed E-state index contributed by atoms with van der Waals surface area (Å²) < 4.78 is 33.0. The molecule has 1 N–H and O–H groups in total. The van der Waals surface area contributed by atoms with Crippen molar-refractivity contribution in [2.45, 2.75) is 11.8 Å². The number of nitrogens with one attached hydrogen (secondary N) is 1. The Bertz CT molecular complexity index is 831. The molecule has 0 aromatic heterocycles. The van der Waals surface area contributed by atoms with Gasteiger partial charge in [-0.3, -0.25) is 4.79 Å². The highest BCUT2D eigenvalue weighted by Gasteiger charge is 2.27. The van der Waals surface area contributed by atoms with Crippen molar-refractivity contribution < 1.29 is 23.1 Å². The monoisotopic (exact) mass is 414 g/mol. The molecule has 0 radical (unpaired) electrons. The quantitative estimate of drug-likeness (QED) is 0.533. The molecule has 0 spiro atoms. The first-order valence-corrected chi connectivity index (χ1v) is 9.23. The number of anilines is 1. The topological polar surface area (TPSA) is 58.6 Å². The first-order chi connectivity index (χ1) is 12.9. The second kappa shape index (κ2) is 9.68. The Balaban J connectivity index is 2.26. The van der Waals surface area contributed by atoms with E-state index in [0.29, 0.717) is 9.80 Å². The Labute approximate surface area is 164 Å². The van der Waals surface area contributed by atoms with Crippen molar-refractivity contribution in [3.05, 3.63) is 58.6 Å². The lowest BCUT2D eigenvalue weighted by molar-refractivity contribution is 0.0552. The van der Waals surface area contributed by atoms with Crippen LogP contribution in [0.2, 0.25) is 5.02 Å². The second-order valence-corrected chi connectivity index (χ2v) is 7.00. The SMILES string of the molecule is CCSc1ccc(NC(=O)N(COC)C(=O)c2c(F)cccc2Cl)c(F)c1. The van der Waals surface area contributed by atoms with E-state index in [1.165, 1.54) is 43.1 Å². The number of urea groups is 1. The number of imide groups is 1. The molecular weight excluding hydrogens is 398 g/mol. The average Bonchev–Trinajstić information content (AvgIpc) is 2.61. The van der Waals surface area contributed by atoms with Gasteiger partial charge in [0.2, 0.25) is 0 Å². The average molecular weight is 415 g/mol. The maximum atomic E-state index is 14.2. The van der Waals surface area contributed by atoms with Gasteiger partial charge >= 0.3 is 6.03 Å². The molecule has 9 heteroatoms. The van der Waals surface area contributed by atoms with Gasteiger partial charge in [-0.1, -0.05) is 24.6 Å². The number of carbonyl (C=O) groups is 2. The molecule has 0 atom stereocenters. The van der Waals surface area contributed by atoms with E-state index in [4.69, 9.17) is 16.3 Å². The molecule has 2 aromatic carbocycles. The normalized spacial score (nSPS) is 10.6. The van der Waals surface area contributed by atoms with Crippen LogP contribution >= 0.6 is 23.4 Å². The minimum absolute atomic E-state index is 0.117. The number of amides is 3. The van der Waals surface area contributed by atoms with E-state index in [0.717, 1.165) is 11.8 Å². The summed E-state index contributed by atoms with van der Waals surface area (Å²) >= 11 is 7.33. The molecule has 0 aliphatic carbocycles. The fourth-order valence-corrected chi connectivity index (χ4v) is 3.14. The Kier molecular flexibility index (Phi) is 7.58. The minimum atomic E-state index is -1.00. The Morgan fingerprint density at radius 1 is 1.22 bits per heavy atom. The molecular formula is C18H17ClF2N2O3S. The van der Waals surface area contributed by atoms with Gasteiger partial charge in [0, 0.05) is 12.0 Å². The molecule has 144 valence electrons. The van der Waals surface area contributed by atoms with Crippen molar-refractivity contribution in [1.29, 1.82) is 0 Å². The molecule has 3 amide bonds. The number of hydrogen-bond donors (Lipinski definition) is 1. The Morgan fingerprint density at radius 3 is 2.56 bits per heavy atom. The molecule has 0 saturated heterocycles. The molecule has 0 saturated carbocycles. The van der Waals surface area contributed by atoms with Crippen molar-refractivity contribution in [2.75, 3.05) is 24.9 Å². The van der Waals surface area contributed by atoms with Crippen LogP contribution in [0.25, 0.3) is 0 Å². The summed E-state index contributed by atoms with van der Waals surface area (Å²) in [6.07, 6.45) is 0. The molecule has 0 aliphatic rings. The molecule has 0 bridgehead atoms. The maximum absolute atomic E-state index is 14.2. The third-order valence-electron chi connectivity index (χ3n) is 3.42. The summed E-state index contributed by atoms with van der Waals surface area (Å²) in [5.41, 5.74) is -0.587. The van der Waals surface area contributed by atoms with Crippen LogP contribution in [0, 0.1) is 11.6 Å². The van der Waals surface area contributed by atoms with Gasteiger partial charge in [-0.05, 0) is 36.1 Å². The first-order valence-electron chi connectivity index (χ1n) is 7.87. The van der Waals surface area contributed by atoms with Crippen molar-refractivity contribution >= 4 is 41.0 Å². The third-order valence-corrected chi connectivity index (χ3v) is 4.61. The van der Waals surface area contributed by atoms with E-state index in [2.05, 4.69) is 5.32 Å². The highest BCUT2D eigenvalue weighted by atomic mass is 35.5. The van der Waals surface area contributed by atoms with Crippen molar-refractivity contribution in [3.63, 3.8) is 0 Å². The van der Waals surface area contributed by atoms with Crippen LogP contribution in [-0.2, 0) is 4.74 Å². The second-order valence-electron chi connectivity index (χ2n) is 5.25. The summed E-state index contributed by atoms with van der Waals surface area (Å²) in [6.45, 7) is 1.46. The van der Waals surface area contributed by atoms with Gasteiger partial charge in [-0.2, -0.15) is 0 Å². The van der Waals surface area contributed by atoms with Gasteiger partial charge in [0.25, 0.3) is 5.91 Å². The largest absolute Gasteiger partial charge is 0.364 e. The van der Waals surface area contributed by atoms with Gasteiger partial charge in [-0.15, -0.1) is 11.8 Å². The van der Waals surface area contributed by atoms with Crippen molar-refractivity contribution in [1.82, 2.24) is 4.90 Å². The van der Waals surface area contributed by atoms with Crippen LogP contribution in [0.15, 0.2) is 41.3 Å². The number of halogens is 3. The smallest absolute Gasteiger partial charge is 0.330 e. The van der Waals surface area contributed by atoms with Gasteiger partial charge in [0.1, 0.15) is 18.4 Å². The molecule has 0 fully saturated rings. The fourth-order valence-electron chi connectivity index (χ4n) is 2.21. The molecule has 0 aliphatic heterocycles. The van der Waals surface area contributed by atoms with Gasteiger partial charge in [0.15, 0.2) is 0 Å². The van der Waals surface area contributed by atoms with E-state index in [1.807, 2.05) is 6.92 Å². The lowest BCUT2D eigenvalue weighted by Crippen LogP contribution is -2.41. The molecule has 2 aromatic rings. The number of rotatable bonds is 6. The number of thioether (sulfide) groups is 1. The predicted octanol–water partition coefficient (Wildman–Crippen LogP) is 5.01. The molecule has 2 rings (SSSR count). The Hall–Kier alpha value is -2.16. The molecule has 5 nitrogen and oxygen atoms in total. The maximum Gasteiger partial charge on any atom is 0.330 e. The zero-order valence-electron chi connectivity index (χ0n) is 14.6. The number of carbonyl (C=O) groups excluding carboxylic acids is 2. The number of ether oxygens (including phenoxy) is 1. The minimum Gasteiger partial charge on any atom is -0.364 e. The summed E-state index contributed by atoms with van der Waals surface area (Å²) in [6, 6.07) is 7.03. The lowest BCUT2D eigenvalue weighted by Gasteiger charge is -2.21. The summed E-state index contributed by atoms with van der Waals surface area (Å²) in [5.74, 6) is -1.77. The number of methoxy groups -OCH3 is 1. The molecule has 0 unspecified atom stereocenters. The zero-order valence-corrected chi connectivity index (χ0v) is 16.2. The Morgan fingerprint density at radius 2 is 1.96 bits per heavy atom. The molecule has 0 heterocycles. The van der Waals surface area contributed by atoms with E-state index in [-0.39, 0.29) is 10.7 Å². The number of benzene rings is 2. The summed E-state index contributed by atoms with van der Waals surface area (Å²) in [4.78, 5) is 26.4. The number of hydrogen-bond acceptors (Lipinski definition) is 4. The van der Waals surface area contributed by atoms with Crippen LogP contribution in [-0.4, -0.2) is 36.4 Å². The van der Waals surface area contributed by atoms with Crippen LogP contribution in [0.4, 0.5) is 19.3 Å². The highest BCUT2D eigenvalue weighted by Crippen LogP contribution is 2.25. The summed E-state index contributed by atoms with van der Waals surface area (Å²) in [5, 5.41) is 2.14. The van der Waals surface area contributed by atoms with Crippen LogP contribution in [0.5, 0.6) is 0 Å². The van der Waals surface area contributed by atoms with Crippen LogP contribution in [0.3, 0.4) is 0 Å². The number of nitrogens with zero attached hydrogens (tertiary/aromatic N) is 1. The lowest BCUT2D eigenvalue weighted by atomic mass is 10.2.